The highest BCUT2D eigenvalue weighted by Gasteiger charge is 2.22. The lowest BCUT2D eigenvalue weighted by atomic mass is 9.92. The number of halogens is 1. The minimum absolute atomic E-state index is 0.152. The number of nitrogens with two attached hydrogens (primary N) is 1. The van der Waals surface area contributed by atoms with E-state index in [-0.39, 0.29) is 11.4 Å². The summed E-state index contributed by atoms with van der Waals surface area (Å²) >= 11 is 0. The molecule has 16 heavy (non-hydrogen) atoms. The SMILES string of the molecule is CCCNC(C)(CN)Cc1ccccc1F. The molecule has 1 aromatic rings. The van der Waals surface area contributed by atoms with E-state index in [2.05, 4.69) is 12.2 Å². The van der Waals surface area contributed by atoms with Crippen LogP contribution in [-0.4, -0.2) is 18.6 Å². The van der Waals surface area contributed by atoms with Gasteiger partial charge in [-0.05, 0) is 37.9 Å². The van der Waals surface area contributed by atoms with Gasteiger partial charge < -0.3 is 11.1 Å². The zero-order valence-electron chi connectivity index (χ0n) is 10.1. The summed E-state index contributed by atoms with van der Waals surface area (Å²) in [5.41, 5.74) is 6.26. The van der Waals surface area contributed by atoms with Crippen LogP contribution in [0.1, 0.15) is 25.8 Å². The molecule has 0 aliphatic heterocycles. The third-order valence-corrected chi connectivity index (χ3v) is 2.79. The van der Waals surface area contributed by atoms with Crippen LogP contribution < -0.4 is 11.1 Å². The molecule has 2 nitrogen and oxygen atoms in total. The van der Waals surface area contributed by atoms with E-state index in [9.17, 15) is 4.39 Å². The Bertz CT molecular complexity index is 327. The van der Waals surface area contributed by atoms with E-state index in [1.165, 1.54) is 6.07 Å². The van der Waals surface area contributed by atoms with Crippen molar-refractivity contribution in [2.75, 3.05) is 13.1 Å². The first-order valence-corrected chi connectivity index (χ1v) is 5.80. The average Bonchev–Trinajstić information content (AvgIpc) is 2.30. The highest BCUT2D eigenvalue weighted by molar-refractivity contribution is 5.20. The van der Waals surface area contributed by atoms with Crippen molar-refractivity contribution in [1.82, 2.24) is 5.32 Å². The van der Waals surface area contributed by atoms with Gasteiger partial charge in [-0.1, -0.05) is 25.1 Å². The summed E-state index contributed by atoms with van der Waals surface area (Å²) in [5.74, 6) is -0.152. The standard InChI is InChI=1S/C13H21FN2/c1-3-8-16-13(2,10-15)9-11-6-4-5-7-12(11)14/h4-7,16H,3,8-10,15H2,1-2H3. The van der Waals surface area contributed by atoms with Crippen LogP contribution in [-0.2, 0) is 6.42 Å². The van der Waals surface area contributed by atoms with Crippen molar-refractivity contribution in [2.45, 2.75) is 32.2 Å². The fraction of sp³-hybridized carbons (Fsp3) is 0.538. The Labute approximate surface area is 97.0 Å². The third-order valence-electron chi connectivity index (χ3n) is 2.79. The molecule has 0 saturated carbocycles. The maximum atomic E-state index is 13.5. The summed E-state index contributed by atoms with van der Waals surface area (Å²) in [6.45, 7) is 5.55. The molecular formula is C13H21FN2. The molecule has 0 heterocycles. The molecule has 0 amide bonds. The van der Waals surface area contributed by atoms with Gasteiger partial charge in [0.15, 0.2) is 0 Å². The van der Waals surface area contributed by atoms with E-state index in [4.69, 9.17) is 5.73 Å². The Kier molecular flexibility index (Phi) is 4.90. The highest BCUT2D eigenvalue weighted by atomic mass is 19.1. The molecule has 0 spiro atoms. The van der Waals surface area contributed by atoms with Crippen LogP contribution in [0, 0.1) is 5.82 Å². The Balaban J connectivity index is 2.72. The second-order valence-corrected chi connectivity index (χ2v) is 4.46. The smallest absolute Gasteiger partial charge is 0.126 e. The molecule has 3 heteroatoms. The highest BCUT2D eigenvalue weighted by Crippen LogP contribution is 2.15. The van der Waals surface area contributed by atoms with E-state index >= 15 is 0 Å². The van der Waals surface area contributed by atoms with E-state index in [1.807, 2.05) is 19.1 Å². The van der Waals surface area contributed by atoms with Crippen molar-refractivity contribution in [2.24, 2.45) is 5.73 Å². The molecular weight excluding hydrogens is 203 g/mol. The molecule has 0 fully saturated rings. The fourth-order valence-electron chi connectivity index (χ4n) is 1.70. The van der Waals surface area contributed by atoms with Gasteiger partial charge in [-0.25, -0.2) is 4.39 Å². The lowest BCUT2D eigenvalue weighted by Crippen LogP contribution is -2.50. The molecule has 0 aromatic heterocycles. The van der Waals surface area contributed by atoms with Crippen molar-refractivity contribution in [3.63, 3.8) is 0 Å². The Morgan fingerprint density at radius 1 is 1.38 bits per heavy atom. The number of nitrogens with one attached hydrogen (secondary N) is 1. The Morgan fingerprint density at radius 2 is 2.06 bits per heavy atom. The van der Waals surface area contributed by atoms with Gasteiger partial charge in [-0.15, -0.1) is 0 Å². The minimum Gasteiger partial charge on any atom is -0.329 e. The van der Waals surface area contributed by atoms with Gasteiger partial charge in [0.1, 0.15) is 5.82 Å². The molecule has 0 bridgehead atoms. The van der Waals surface area contributed by atoms with Crippen LogP contribution in [0.3, 0.4) is 0 Å². The van der Waals surface area contributed by atoms with Crippen molar-refractivity contribution in [3.8, 4) is 0 Å². The molecule has 0 aliphatic rings. The zero-order valence-corrected chi connectivity index (χ0v) is 10.1. The molecule has 0 radical (unpaired) electrons. The van der Waals surface area contributed by atoms with Crippen LogP contribution >= 0.6 is 0 Å². The van der Waals surface area contributed by atoms with E-state index in [1.54, 1.807) is 6.07 Å². The van der Waals surface area contributed by atoms with Gasteiger partial charge in [0, 0.05) is 12.1 Å². The van der Waals surface area contributed by atoms with Crippen molar-refractivity contribution >= 4 is 0 Å². The van der Waals surface area contributed by atoms with Crippen LogP contribution in [0.5, 0.6) is 0 Å². The predicted molar refractivity (Wildman–Crippen MR) is 65.9 cm³/mol. The first-order valence-electron chi connectivity index (χ1n) is 5.80. The average molecular weight is 224 g/mol. The van der Waals surface area contributed by atoms with Gasteiger partial charge in [0.25, 0.3) is 0 Å². The monoisotopic (exact) mass is 224 g/mol. The largest absolute Gasteiger partial charge is 0.329 e. The summed E-state index contributed by atoms with van der Waals surface area (Å²) in [6, 6.07) is 6.87. The second kappa shape index (κ2) is 5.97. The maximum absolute atomic E-state index is 13.5. The molecule has 0 aliphatic carbocycles. The Morgan fingerprint density at radius 3 is 2.62 bits per heavy atom. The Hall–Kier alpha value is -0.930. The van der Waals surface area contributed by atoms with Gasteiger partial charge in [-0.3, -0.25) is 0 Å². The van der Waals surface area contributed by atoms with E-state index in [0.717, 1.165) is 18.5 Å². The van der Waals surface area contributed by atoms with E-state index < -0.39 is 0 Å². The first kappa shape index (κ1) is 13.1. The van der Waals surface area contributed by atoms with Crippen LogP contribution in [0.25, 0.3) is 0 Å². The van der Waals surface area contributed by atoms with Crippen LogP contribution in [0.15, 0.2) is 24.3 Å². The van der Waals surface area contributed by atoms with Gasteiger partial charge in [0.05, 0.1) is 0 Å². The molecule has 1 atom stereocenters. The lowest BCUT2D eigenvalue weighted by Gasteiger charge is -2.29. The summed E-state index contributed by atoms with van der Waals surface area (Å²) in [5, 5.41) is 3.38. The molecule has 1 aromatic carbocycles. The molecule has 3 N–H and O–H groups in total. The lowest BCUT2D eigenvalue weighted by molar-refractivity contribution is 0.357. The number of rotatable bonds is 6. The fourth-order valence-corrected chi connectivity index (χ4v) is 1.70. The van der Waals surface area contributed by atoms with E-state index in [0.29, 0.717) is 13.0 Å². The second-order valence-electron chi connectivity index (χ2n) is 4.46. The zero-order chi connectivity index (χ0) is 12.0. The van der Waals surface area contributed by atoms with Crippen molar-refractivity contribution in [1.29, 1.82) is 0 Å². The summed E-state index contributed by atoms with van der Waals surface area (Å²) < 4.78 is 13.5. The quantitative estimate of drug-likeness (QED) is 0.776. The number of benzene rings is 1. The third kappa shape index (κ3) is 3.58. The molecule has 0 saturated heterocycles. The van der Waals surface area contributed by atoms with Crippen LogP contribution in [0.4, 0.5) is 4.39 Å². The number of hydrogen-bond acceptors (Lipinski definition) is 2. The molecule has 1 unspecified atom stereocenters. The maximum Gasteiger partial charge on any atom is 0.126 e. The first-order chi connectivity index (χ1) is 7.61. The normalized spacial score (nSPS) is 14.8. The molecule has 90 valence electrons. The van der Waals surface area contributed by atoms with Crippen molar-refractivity contribution < 1.29 is 4.39 Å². The number of hydrogen-bond donors (Lipinski definition) is 2. The van der Waals surface area contributed by atoms with Crippen LogP contribution in [0.2, 0.25) is 0 Å². The summed E-state index contributed by atoms with van der Waals surface area (Å²) in [4.78, 5) is 0. The van der Waals surface area contributed by atoms with Gasteiger partial charge in [0.2, 0.25) is 0 Å². The van der Waals surface area contributed by atoms with Gasteiger partial charge in [-0.2, -0.15) is 0 Å². The summed E-state index contributed by atoms with van der Waals surface area (Å²) in [7, 11) is 0. The summed E-state index contributed by atoms with van der Waals surface area (Å²) in [6.07, 6.45) is 1.67. The topological polar surface area (TPSA) is 38.0 Å². The minimum atomic E-state index is -0.224. The molecule has 1 rings (SSSR count). The van der Waals surface area contributed by atoms with Gasteiger partial charge >= 0.3 is 0 Å². The van der Waals surface area contributed by atoms with Crippen molar-refractivity contribution in [3.05, 3.63) is 35.6 Å². The predicted octanol–water partition coefficient (Wildman–Crippen LogP) is 2.09.